The molecule has 1 aliphatic heterocycles. The molecule has 0 spiro atoms. The van der Waals surface area contributed by atoms with Crippen molar-refractivity contribution < 1.29 is 29.0 Å². The second kappa shape index (κ2) is 9.85. The fourth-order valence-corrected chi connectivity index (χ4v) is 4.04. The number of ketones is 1. The zero-order chi connectivity index (χ0) is 25.1. The summed E-state index contributed by atoms with van der Waals surface area (Å²) in [5.74, 6) is -1.72. The Bertz CT molecular complexity index is 1290. The molecule has 0 aliphatic carbocycles. The lowest BCUT2D eigenvalue weighted by Crippen LogP contribution is -2.29. The first-order valence-corrected chi connectivity index (χ1v) is 11.1. The molecule has 1 atom stereocenters. The van der Waals surface area contributed by atoms with Crippen LogP contribution in [0, 0.1) is 6.92 Å². The summed E-state index contributed by atoms with van der Waals surface area (Å²) in [4.78, 5) is 39.9. The van der Waals surface area contributed by atoms with E-state index in [0.29, 0.717) is 28.1 Å². The Kier molecular flexibility index (Phi) is 6.68. The number of methoxy groups -OCH3 is 1. The summed E-state index contributed by atoms with van der Waals surface area (Å²) in [7, 11) is 1.53. The zero-order valence-corrected chi connectivity index (χ0v) is 19.6. The van der Waals surface area contributed by atoms with E-state index in [1.165, 1.54) is 12.0 Å². The lowest BCUT2D eigenvalue weighted by molar-refractivity contribution is -0.132. The molecule has 1 unspecified atom stereocenters. The van der Waals surface area contributed by atoms with E-state index in [1.807, 2.05) is 31.2 Å². The summed E-state index contributed by atoms with van der Waals surface area (Å²) in [6, 6.07) is 19.4. The van der Waals surface area contributed by atoms with Crippen molar-refractivity contribution >= 4 is 29.1 Å². The topological polar surface area (TPSA) is 93.1 Å². The van der Waals surface area contributed by atoms with Gasteiger partial charge in [-0.3, -0.25) is 14.5 Å². The van der Waals surface area contributed by atoms with Crippen LogP contribution in [0.25, 0.3) is 5.76 Å². The van der Waals surface area contributed by atoms with Gasteiger partial charge in [0.25, 0.3) is 11.7 Å². The maximum absolute atomic E-state index is 13.2. The molecule has 1 amide bonds. The first-order chi connectivity index (χ1) is 16.8. The van der Waals surface area contributed by atoms with E-state index < -0.39 is 23.7 Å². The Labute approximate surface area is 203 Å². The summed E-state index contributed by atoms with van der Waals surface area (Å²) < 4.78 is 10.2. The van der Waals surface area contributed by atoms with E-state index in [-0.39, 0.29) is 17.9 Å². The van der Waals surface area contributed by atoms with E-state index in [9.17, 15) is 19.5 Å². The Morgan fingerprint density at radius 1 is 0.914 bits per heavy atom. The number of nitrogens with zero attached hydrogens (tertiary/aromatic N) is 1. The van der Waals surface area contributed by atoms with Gasteiger partial charge in [-0.1, -0.05) is 29.8 Å². The van der Waals surface area contributed by atoms with Crippen LogP contribution < -0.4 is 9.64 Å². The highest BCUT2D eigenvalue weighted by atomic mass is 16.5. The molecule has 4 rings (SSSR count). The molecule has 3 aromatic rings. The summed E-state index contributed by atoms with van der Waals surface area (Å²) >= 11 is 0. The number of carbonyl (C=O) groups is 3. The van der Waals surface area contributed by atoms with Crippen LogP contribution in [0.4, 0.5) is 5.69 Å². The van der Waals surface area contributed by atoms with E-state index in [1.54, 1.807) is 55.5 Å². The molecule has 7 nitrogen and oxygen atoms in total. The van der Waals surface area contributed by atoms with Crippen molar-refractivity contribution in [3.8, 4) is 5.75 Å². The summed E-state index contributed by atoms with van der Waals surface area (Å²) in [5.41, 5.74) is 2.80. The van der Waals surface area contributed by atoms with Crippen LogP contribution >= 0.6 is 0 Å². The number of ether oxygens (including phenoxy) is 2. The number of anilines is 1. The molecular weight excluding hydrogens is 446 g/mol. The van der Waals surface area contributed by atoms with E-state index in [4.69, 9.17) is 9.47 Å². The van der Waals surface area contributed by atoms with Crippen LogP contribution in [0.5, 0.6) is 5.75 Å². The van der Waals surface area contributed by atoms with Crippen molar-refractivity contribution in [2.24, 2.45) is 0 Å². The molecule has 1 saturated heterocycles. The molecule has 35 heavy (non-hydrogen) atoms. The molecule has 0 aromatic heterocycles. The number of Topliss-reactive ketones (excluding diaryl/α,β-unsaturated/α-hetero) is 1. The average molecular weight is 472 g/mol. The summed E-state index contributed by atoms with van der Waals surface area (Å²) in [6.07, 6.45) is 0. The molecule has 1 fully saturated rings. The third-order valence-electron chi connectivity index (χ3n) is 5.86. The smallest absolute Gasteiger partial charge is 0.338 e. The molecule has 1 N–H and O–H groups in total. The molecular formula is C28H25NO6. The molecule has 178 valence electrons. The third kappa shape index (κ3) is 4.53. The number of amides is 1. The van der Waals surface area contributed by atoms with Crippen LogP contribution in [-0.4, -0.2) is 36.5 Å². The van der Waals surface area contributed by atoms with Gasteiger partial charge >= 0.3 is 5.97 Å². The van der Waals surface area contributed by atoms with Crippen LogP contribution in [0.3, 0.4) is 0 Å². The first-order valence-electron chi connectivity index (χ1n) is 11.1. The number of rotatable bonds is 6. The minimum atomic E-state index is -0.855. The number of benzene rings is 3. The predicted octanol–water partition coefficient (Wildman–Crippen LogP) is 4.81. The molecule has 0 saturated carbocycles. The number of aliphatic hydroxyl groups excluding tert-OH is 1. The maximum Gasteiger partial charge on any atom is 0.338 e. The highest BCUT2D eigenvalue weighted by Gasteiger charge is 2.47. The van der Waals surface area contributed by atoms with Crippen molar-refractivity contribution in [3.63, 3.8) is 0 Å². The van der Waals surface area contributed by atoms with Crippen LogP contribution in [0.2, 0.25) is 0 Å². The lowest BCUT2D eigenvalue weighted by atomic mass is 9.94. The van der Waals surface area contributed by atoms with Gasteiger partial charge in [-0.2, -0.15) is 0 Å². The van der Waals surface area contributed by atoms with Gasteiger partial charge in [0, 0.05) is 11.3 Å². The Morgan fingerprint density at radius 3 is 2.09 bits per heavy atom. The highest BCUT2D eigenvalue weighted by molar-refractivity contribution is 6.51. The lowest BCUT2D eigenvalue weighted by Gasteiger charge is -2.25. The van der Waals surface area contributed by atoms with Gasteiger partial charge in [-0.05, 0) is 67.9 Å². The van der Waals surface area contributed by atoms with Gasteiger partial charge in [0.15, 0.2) is 0 Å². The van der Waals surface area contributed by atoms with E-state index in [0.717, 1.165) is 5.56 Å². The quantitative estimate of drug-likeness (QED) is 0.240. The molecule has 1 heterocycles. The fraction of sp³-hybridized carbons (Fsp3) is 0.179. The number of hydrogen-bond donors (Lipinski definition) is 1. The monoisotopic (exact) mass is 471 g/mol. The molecule has 0 radical (unpaired) electrons. The third-order valence-corrected chi connectivity index (χ3v) is 5.86. The van der Waals surface area contributed by atoms with Gasteiger partial charge in [-0.15, -0.1) is 0 Å². The van der Waals surface area contributed by atoms with Gasteiger partial charge in [-0.25, -0.2) is 4.79 Å². The fourth-order valence-electron chi connectivity index (χ4n) is 4.04. The van der Waals surface area contributed by atoms with Gasteiger partial charge in [0.2, 0.25) is 0 Å². The summed E-state index contributed by atoms with van der Waals surface area (Å²) in [6.45, 7) is 3.90. The SMILES string of the molecule is CCOC(=O)c1ccc(N2C(=O)C(=O)/C(=C(/O)c3ccc(OC)cc3)C2c2ccc(C)cc2)cc1. The average Bonchev–Trinajstić information content (AvgIpc) is 3.14. The minimum absolute atomic E-state index is 0.0153. The normalized spacial score (nSPS) is 16.9. The number of carbonyl (C=O) groups excluding carboxylic acids is 3. The second-order valence-electron chi connectivity index (χ2n) is 8.08. The highest BCUT2D eigenvalue weighted by Crippen LogP contribution is 2.42. The van der Waals surface area contributed by atoms with E-state index in [2.05, 4.69) is 0 Å². The minimum Gasteiger partial charge on any atom is -0.507 e. The van der Waals surface area contributed by atoms with Gasteiger partial charge in [0.05, 0.1) is 30.9 Å². The van der Waals surface area contributed by atoms with Gasteiger partial charge in [0.1, 0.15) is 11.5 Å². The van der Waals surface area contributed by atoms with Crippen LogP contribution in [-0.2, 0) is 14.3 Å². The number of aryl methyl sites for hydroxylation is 1. The summed E-state index contributed by atoms with van der Waals surface area (Å²) in [5, 5.41) is 11.2. The van der Waals surface area contributed by atoms with Crippen LogP contribution in [0.15, 0.2) is 78.4 Å². The number of aliphatic hydroxyl groups is 1. The van der Waals surface area contributed by atoms with Crippen molar-refractivity contribution in [3.05, 3.63) is 101 Å². The molecule has 1 aliphatic rings. The van der Waals surface area contributed by atoms with Crippen molar-refractivity contribution in [2.75, 3.05) is 18.6 Å². The van der Waals surface area contributed by atoms with Crippen molar-refractivity contribution in [1.29, 1.82) is 0 Å². The van der Waals surface area contributed by atoms with Crippen LogP contribution in [0.1, 0.15) is 40.0 Å². The van der Waals surface area contributed by atoms with E-state index >= 15 is 0 Å². The number of esters is 1. The predicted molar refractivity (Wildman–Crippen MR) is 131 cm³/mol. The van der Waals surface area contributed by atoms with Crippen molar-refractivity contribution in [2.45, 2.75) is 19.9 Å². The molecule has 0 bridgehead atoms. The molecule has 3 aromatic carbocycles. The second-order valence-corrected chi connectivity index (χ2v) is 8.08. The zero-order valence-electron chi connectivity index (χ0n) is 19.6. The van der Waals surface area contributed by atoms with Crippen molar-refractivity contribution in [1.82, 2.24) is 0 Å². The molecule has 7 heteroatoms. The largest absolute Gasteiger partial charge is 0.507 e. The Morgan fingerprint density at radius 2 is 1.51 bits per heavy atom. The first kappa shape index (κ1) is 23.8. The standard InChI is InChI=1S/C28H25NO6/c1-4-35-28(33)20-9-13-21(14-10-20)29-24(18-7-5-17(2)6-8-18)23(26(31)27(29)32)25(30)19-11-15-22(34-3)16-12-19/h5-16,24,30H,4H2,1-3H3/b25-23+. The maximum atomic E-state index is 13.2. The Balaban J connectivity index is 1.84. The number of hydrogen-bond acceptors (Lipinski definition) is 6. The van der Waals surface area contributed by atoms with Gasteiger partial charge < -0.3 is 14.6 Å². The Hall–Kier alpha value is -4.39.